The number of methoxy groups -OCH3 is 1. The standard InChI is InChI=1S/C14H15N5O3/c1-4-14(2)13-16-17-18-19(13)10-7-8(12(21)22-3)5-6-9(10)11(20)15-14/h5-7H,4H2,1-3H3,(H,15,20)/t14-/m0/s1. The second-order valence-corrected chi connectivity index (χ2v) is 5.28. The van der Waals surface area contributed by atoms with E-state index in [1.807, 2.05) is 13.8 Å². The lowest BCUT2D eigenvalue weighted by atomic mass is 9.98. The highest BCUT2D eigenvalue weighted by Crippen LogP contribution is 2.30. The third kappa shape index (κ3) is 1.95. The Kier molecular flexibility index (Phi) is 3.16. The van der Waals surface area contributed by atoms with Gasteiger partial charge in [0, 0.05) is 0 Å². The summed E-state index contributed by atoms with van der Waals surface area (Å²) in [5.74, 6) is -0.215. The molecule has 1 N–H and O–H groups in total. The van der Waals surface area contributed by atoms with E-state index < -0.39 is 11.5 Å². The molecule has 1 aromatic carbocycles. The van der Waals surface area contributed by atoms with Gasteiger partial charge in [0.25, 0.3) is 5.91 Å². The van der Waals surface area contributed by atoms with Gasteiger partial charge in [-0.25, -0.2) is 4.79 Å². The monoisotopic (exact) mass is 301 g/mol. The van der Waals surface area contributed by atoms with Crippen molar-refractivity contribution in [3.05, 3.63) is 35.2 Å². The number of amides is 1. The molecule has 114 valence electrons. The summed E-state index contributed by atoms with van der Waals surface area (Å²) >= 11 is 0. The number of ether oxygens (including phenoxy) is 1. The van der Waals surface area contributed by atoms with E-state index >= 15 is 0 Å². The molecular weight excluding hydrogens is 286 g/mol. The second-order valence-electron chi connectivity index (χ2n) is 5.28. The molecule has 0 unspecified atom stereocenters. The van der Waals surface area contributed by atoms with Gasteiger partial charge in [0.1, 0.15) is 0 Å². The molecule has 0 radical (unpaired) electrons. The number of hydrogen-bond acceptors (Lipinski definition) is 6. The van der Waals surface area contributed by atoms with Gasteiger partial charge in [-0.1, -0.05) is 6.92 Å². The molecule has 22 heavy (non-hydrogen) atoms. The van der Waals surface area contributed by atoms with Crippen molar-refractivity contribution >= 4 is 11.9 Å². The fourth-order valence-electron chi connectivity index (χ4n) is 2.46. The first-order valence-corrected chi connectivity index (χ1v) is 6.84. The number of carbonyl (C=O) groups excluding carboxylic acids is 2. The molecule has 0 spiro atoms. The number of tetrazole rings is 1. The maximum Gasteiger partial charge on any atom is 0.337 e. The first-order valence-electron chi connectivity index (χ1n) is 6.84. The van der Waals surface area contributed by atoms with Crippen LogP contribution in [0.25, 0.3) is 5.69 Å². The molecule has 0 fully saturated rings. The molecule has 0 saturated carbocycles. The Hall–Kier alpha value is -2.77. The molecule has 8 nitrogen and oxygen atoms in total. The van der Waals surface area contributed by atoms with E-state index in [0.717, 1.165) is 0 Å². The van der Waals surface area contributed by atoms with E-state index in [4.69, 9.17) is 4.74 Å². The number of aromatic nitrogens is 4. The lowest BCUT2D eigenvalue weighted by Gasteiger charge is -2.25. The molecule has 1 aliphatic rings. The van der Waals surface area contributed by atoms with Gasteiger partial charge in [0.15, 0.2) is 5.82 Å². The molecule has 1 aromatic heterocycles. The fraction of sp³-hybridized carbons (Fsp3) is 0.357. The van der Waals surface area contributed by atoms with Crippen LogP contribution in [-0.2, 0) is 10.3 Å². The van der Waals surface area contributed by atoms with Crippen molar-refractivity contribution in [1.29, 1.82) is 0 Å². The van der Waals surface area contributed by atoms with Gasteiger partial charge in [0.05, 0.1) is 29.5 Å². The lowest BCUT2D eigenvalue weighted by molar-refractivity contribution is 0.0600. The number of carbonyl (C=O) groups is 2. The Labute approximate surface area is 126 Å². The molecule has 0 bridgehead atoms. The van der Waals surface area contributed by atoms with Gasteiger partial charge in [-0.3, -0.25) is 4.79 Å². The first-order chi connectivity index (χ1) is 10.5. The zero-order valence-corrected chi connectivity index (χ0v) is 12.5. The number of rotatable bonds is 2. The Balaban J connectivity index is 2.26. The highest BCUT2D eigenvalue weighted by atomic mass is 16.5. The Morgan fingerprint density at radius 1 is 1.45 bits per heavy atom. The van der Waals surface area contributed by atoms with Crippen LogP contribution in [0.4, 0.5) is 0 Å². The van der Waals surface area contributed by atoms with E-state index in [1.54, 1.807) is 18.2 Å². The number of nitrogens with zero attached hydrogens (tertiary/aromatic N) is 4. The number of esters is 1. The summed E-state index contributed by atoms with van der Waals surface area (Å²) in [6.07, 6.45) is 0.622. The normalized spacial score (nSPS) is 19.7. The summed E-state index contributed by atoms with van der Waals surface area (Å²) in [6, 6.07) is 4.68. The van der Waals surface area contributed by atoms with Crippen LogP contribution < -0.4 is 5.32 Å². The van der Waals surface area contributed by atoms with Crippen molar-refractivity contribution in [2.75, 3.05) is 7.11 Å². The van der Waals surface area contributed by atoms with Gasteiger partial charge in [-0.05, 0) is 42.0 Å². The lowest BCUT2D eigenvalue weighted by Crippen LogP contribution is -2.43. The van der Waals surface area contributed by atoms with Crippen molar-refractivity contribution in [2.45, 2.75) is 25.8 Å². The van der Waals surface area contributed by atoms with E-state index in [0.29, 0.717) is 29.1 Å². The number of benzene rings is 1. The molecule has 0 saturated heterocycles. The molecule has 8 heteroatoms. The molecule has 1 aliphatic heterocycles. The highest BCUT2D eigenvalue weighted by Gasteiger charge is 2.37. The van der Waals surface area contributed by atoms with Crippen LogP contribution in [0, 0.1) is 0 Å². The molecule has 2 aromatic rings. The minimum atomic E-state index is -0.689. The fourth-order valence-corrected chi connectivity index (χ4v) is 2.46. The summed E-state index contributed by atoms with van der Waals surface area (Å²) < 4.78 is 6.21. The smallest absolute Gasteiger partial charge is 0.337 e. The van der Waals surface area contributed by atoms with E-state index in [1.165, 1.54) is 11.8 Å². The predicted octanol–water partition coefficient (Wildman–Crippen LogP) is 0.817. The van der Waals surface area contributed by atoms with Gasteiger partial charge >= 0.3 is 5.97 Å². The van der Waals surface area contributed by atoms with Crippen LogP contribution >= 0.6 is 0 Å². The van der Waals surface area contributed by atoms with Crippen LogP contribution in [-0.4, -0.2) is 39.2 Å². The van der Waals surface area contributed by atoms with Gasteiger partial charge in [-0.15, -0.1) is 5.10 Å². The molecule has 2 heterocycles. The van der Waals surface area contributed by atoms with Crippen LogP contribution in [0.1, 0.15) is 46.8 Å². The van der Waals surface area contributed by atoms with E-state index in [2.05, 4.69) is 20.8 Å². The minimum absolute atomic E-state index is 0.247. The maximum absolute atomic E-state index is 12.5. The van der Waals surface area contributed by atoms with Crippen molar-refractivity contribution in [1.82, 2.24) is 25.5 Å². The predicted molar refractivity (Wildman–Crippen MR) is 75.6 cm³/mol. The molecule has 3 rings (SSSR count). The van der Waals surface area contributed by atoms with Gasteiger partial charge in [-0.2, -0.15) is 4.68 Å². The SMILES string of the molecule is CC[C@]1(C)NC(=O)c2ccc(C(=O)OC)cc2-n2nnnc21. The van der Waals surface area contributed by atoms with Crippen molar-refractivity contribution in [3.63, 3.8) is 0 Å². The Morgan fingerprint density at radius 3 is 2.91 bits per heavy atom. The first kappa shape index (κ1) is 14.2. The van der Waals surface area contributed by atoms with E-state index in [9.17, 15) is 9.59 Å². The third-order valence-corrected chi connectivity index (χ3v) is 3.95. The summed E-state index contributed by atoms with van der Waals surface area (Å²) in [6.45, 7) is 3.80. The van der Waals surface area contributed by atoms with Crippen molar-refractivity contribution in [2.24, 2.45) is 0 Å². The zero-order chi connectivity index (χ0) is 15.9. The summed E-state index contributed by atoms with van der Waals surface area (Å²) in [5.41, 5.74) is 0.497. The third-order valence-electron chi connectivity index (χ3n) is 3.95. The summed E-state index contributed by atoms with van der Waals surface area (Å²) in [5, 5.41) is 14.7. The molecule has 0 aliphatic carbocycles. The summed E-state index contributed by atoms with van der Waals surface area (Å²) in [4.78, 5) is 24.2. The van der Waals surface area contributed by atoms with Crippen LogP contribution in [0.15, 0.2) is 18.2 Å². The summed E-state index contributed by atoms with van der Waals surface area (Å²) in [7, 11) is 1.30. The van der Waals surface area contributed by atoms with E-state index in [-0.39, 0.29) is 5.91 Å². The van der Waals surface area contributed by atoms with Crippen LogP contribution in [0.5, 0.6) is 0 Å². The average molecular weight is 301 g/mol. The molecular formula is C14H15N5O3. The molecule has 1 atom stereocenters. The van der Waals surface area contributed by atoms with Crippen LogP contribution in [0.3, 0.4) is 0 Å². The van der Waals surface area contributed by atoms with Gasteiger partial charge in [0.2, 0.25) is 0 Å². The van der Waals surface area contributed by atoms with Gasteiger partial charge < -0.3 is 10.1 Å². The minimum Gasteiger partial charge on any atom is -0.465 e. The second kappa shape index (κ2) is 4.90. The Morgan fingerprint density at radius 2 is 2.23 bits per heavy atom. The Bertz CT molecular complexity index is 770. The molecule has 1 amide bonds. The number of nitrogens with one attached hydrogen (secondary N) is 1. The average Bonchev–Trinajstić information content (AvgIpc) is 3.00. The highest BCUT2D eigenvalue weighted by molar-refractivity contribution is 6.00. The largest absolute Gasteiger partial charge is 0.465 e. The maximum atomic E-state index is 12.5. The topological polar surface area (TPSA) is 99.0 Å². The van der Waals surface area contributed by atoms with Crippen molar-refractivity contribution in [3.8, 4) is 5.69 Å². The quantitative estimate of drug-likeness (QED) is 0.824. The number of fused-ring (bicyclic) bond motifs is 3. The number of hydrogen-bond donors (Lipinski definition) is 1. The van der Waals surface area contributed by atoms with Crippen LogP contribution in [0.2, 0.25) is 0 Å². The van der Waals surface area contributed by atoms with Crippen molar-refractivity contribution < 1.29 is 14.3 Å². The zero-order valence-electron chi connectivity index (χ0n) is 12.5.